The van der Waals surface area contributed by atoms with Crippen LogP contribution in [0.15, 0.2) is 41.3 Å². The zero-order chi connectivity index (χ0) is 19.3. The van der Waals surface area contributed by atoms with E-state index in [2.05, 4.69) is 10.6 Å². The van der Waals surface area contributed by atoms with Crippen LogP contribution in [0.3, 0.4) is 0 Å². The van der Waals surface area contributed by atoms with Crippen LogP contribution in [-0.4, -0.2) is 41.3 Å². The van der Waals surface area contributed by atoms with Gasteiger partial charge in [-0.2, -0.15) is 0 Å². The van der Waals surface area contributed by atoms with Crippen LogP contribution in [-0.2, 0) is 14.6 Å². The van der Waals surface area contributed by atoms with Gasteiger partial charge < -0.3 is 20.1 Å². The lowest BCUT2D eigenvalue weighted by Gasteiger charge is -2.16. The maximum atomic E-state index is 12.9. The van der Waals surface area contributed by atoms with Crippen molar-refractivity contribution in [3.63, 3.8) is 0 Å². The van der Waals surface area contributed by atoms with Crippen LogP contribution in [0.25, 0.3) is 0 Å². The van der Waals surface area contributed by atoms with E-state index >= 15 is 0 Å². The van der Waals surface area contributed by atoms with Crippen LogP contribution in [0, 0.1) is 5.82 Å². The van der Waals surface area contributed by atoms with Gasteiger partial charge in [0.25, 0.3) is 0 Å². The zero-order valence-electron chi connectivity index (χ0n) is 14.5. The lowest BCUT2D eigenvalue weighted by molar-refractivity contribution is -0.114. The van der Waals surface area contributed by atoms with E-state index in [-0.39, 0.29) is 17.2 Å². The molecule has 0 aliphatic heterocycles. The number of ether oxygens (including phenoxy) is 2. The highest BCUT2D eigenvalue weighted by molar-refractivity contribution is 7.90. The number of amides is 1. The molecule has 140 valence electrons. The number of anilines is 2. The van der Waals surface area contributed by atoms with Crippen molar-refractivity contribution in [3.8, 4) is 11.5 Å². The Morgan fingerprint density at radius 2 is 1.77 bits per heavy atom. The Kier molecular flexibility index (Phi) is 6.04. The molecular weight excluding hydrogens is 363 g/mol. The summed E-state index contributed by atoms with van der Waals surface area (Å²) in [5, 5.41) is 5.42. The number of carbonyl (C=O) groups is 1. The van der Waals surface area contributed by atoms with Crippen LogP contribution in [0.5, 0.6) is 11.5 Å². The van der Waals surface area contributed by atoms with E-state index in [4.69, 9.17) is 9.47 Å². The summed E-state index contributed by atoms with van der Waals surface area (Å²) in [5.74, 6) is -0.423. The molecule has 26 heavy (non-hydrogen) atoms. The van der Waals surface area contributed by atoms with Crippen molar-refractivity contribution < 1.29 is 27.1 Å². The smallest absolute Gasteiger partial charge is 0.243 e. The standard InChI is InChI=1S/C17H19FN2O5S/c1-24-13-8-14(17(25-2)15(9-13)26(3,22)23)19-10-16(21)20-12-6-4-11(18)5-7-12/h4-9,19H,10H2,1-3H3,(H,20,21). The largest absolute Gasteiger partial charge is 0.497 e. The topological polar surface area (TPSA) is 93.7 Å². The van der Waals surface area contributed by atoms with E-state index in [9.17, 15) is 17.6 Å². The molecule has 0 heterocycles. The highest BCUT2D eigenvalue weighted by Gasteiger charge is 2.20. The molecule has 0 unspecified atom stereocenters. The average Bonchev–Trinajstić information content (AvgIpc) is 2.60. The monoisotopic (exact) mass is 382 g/mol. The molecule has 0 aliphatic rings. The van der Waals surface area contributed by atoms with Crippen LogP contribution >= 0.6 is 0 Å². The van der Waals surface area contributed by atoms with Crippen molar-refractivity contribution in [2.24, 2.45) is 0 Å². The van der Waals surface area contributed by atoms with Crippen molar-refractivity contribution >= 4 is 27.1 Å². The van der Waals surface area contributed by atoms with Crippen LogP contribution in [0.1, 0.15) is 0 Å². The van der Waals surface area contributed by atoms with Crippen LogP contribution in [0.4, 0.5) is 15.8 Å². The van der Waals surface area contributed by atoms with Crippen LogP contribution < -0.4 is 20.1 Å². The lowest BCUT2D eigenvalue weighted by atomic mass is 10.2. The molecule has 7 nitrogen and oxygen atoms in total. The van der Waals surface area contributed by atoms with E-state index in [0.29, 0.717) is 17.1 Å². The summed E-state index contributed by atoms with van der Waals surface area (Å²) in [7, 11) is -0.838. The predicted molar refractivity (Wildman–Crippen MR) is 96.2 cm³/mol. The molecule has 2 N–H and O–H groups in total. The van der Waals surface area contributed by atoms with E-state index in [1.807, 2.05) is 0 Å². The van der Waals surface area contributed by atoms with Gasteiger partial charge in [-0.1, -0.05) is 0 Å². The Balaban J connectivity index is 2.20. The predicted octanol–water partition coefficient (Wildman–Crippen LogP) is 2.30. The Hall–Kier alpha value is -2.81. The summed E-state index contributed by atoms with van der Waals surface area (Å²) >= 11 is 0. The molecule has 0 aliphatic carbocycles. The second-order valence-electron chi connectivity index (χ2n) is 5.39. The first-order chi connectivity index (χ1) is 12.2. The fourth-order valence-electron chi connectivity index (χ4n) is 2.23. The normalized spacial score (nSPS) is 10.9. The van der Waals surface area contributed by atoms with E-state index in [0.717, 1.165) is 6.26 Å². The third-order valence-electron chi connectivity index (χ3n) is 3.44. The van der Waals surface area contributed by atoms with Gasteiger partial charge >= 0.3 is 0 Å². The van der Waals surface area contributed by atoms with E-state index in [1.54, 1.807) is 0 Å². The van der Waals surface area contributed by atoms with Gasteiger partial charge in [0.15, 0.2) is 15.6 Å². The molecular formula is C17H19FN2O5S. The summed E-state index contributed by atoms with van der Waals surface area (Å²) < 4.78 is 47.1. The molecule has 9 heteroatoms. The average molecular weight is 382 g/mol. The highest BCUT2D eigenvalue weighted by atomic mass is 32.2. The SMILES string of the molecule is COc1cc(NCC(=O)Nc2ccc(F)cc2)c(OC)c(S(C)(=O)=O)c1. The Bertz CT molecular complexity index is 898. The van der Waals surface area contributed by atoms with Gasteiger partial charge in [0, 0.05) is 24.1 Å². The second kappa shape index (κ2) is 8.05. The Morgan fingerprint density at radius 1 is 1.12 bits per heavy atom. The summed E-state index contributed by atoms with van der Waals surface area (Å²) in [6, 6.07) is 8.19. The second-order valence-corrected chi connectivity index (χ2v) is 7.37. The number of hydrogen-bond donors (Lipinski definition) is 2. The maximum absolute atomic E-state index is 12.9. The van der Waals surface area contributed by atoms with E-state index < -0.39 is 21.6 Å². The molecule has 0 atom stereocenters. The van der Waals surface area contributed by atoms with Crippen molar-refractivity contribution in [3.05, 3.63) is 42.2 Å². The van der Waals surface area contributed by atoms with Crippen LogP contribution in [0.2, 0.25) is 0 Å². The molecule has 0 saturated heterocycles. The minimum Gasteiger partial charge on any atom is -0.497 e. The number of halogens is 1. The van der Waals surface area contributed by atoms with Gasteiger partial charge in [0.05, 0.1) is 26.5 Å². The summed E-state index contributed by atoms with van der Waals surface area (Å²) in [6.45, 7) is -0.163. The number of sulfone groups is 1. The quantitative estimate of drug-likeness (QED) is 0.763. The molecule has 0 aromatic heterocycles. The van der Waals surface area contributed by atoms with Gasteiger partial charge in [-0.25, -0.2) is 12.8 Å². The first-order valence-corrected chi connectivity index (χ1v) is 9.39. The molecule has 0 radical (unpaired) electrons. The number of nitrogens with one attached hydrogen (secondary N) is 2. The fourth-order valence-corrected chi connectivity index (χ4v) is 3.09. The van der Waals surface area contributed by atoms with Crippen molar-refractivity contribution in [1.29, 1.82) is 0 Å². The molecule has 1 amide bonds. The number of benzene rings is 2. The van der Waals surface area contributed by atoms with Crippen molar-refractivity contribution in [1.82, 2.24) is 0 Å². The Morgan fingerprint density at radius 3 is 2.31 bits per heavy atom. The minimum atomic E-state index is -3.57. The third kappa shape index (κ3) is 4.85. The maximum Gasteiger partial charge on any atom is 0.243 e. The molecule has 2 aromatic carbocycles. The highest BCUT2D eigenvalue weighted by Crippen LogP contribution is 2.36. The zero-order valence-corrected chi connectivity index (χ0v) is 15.3. The lowest BCUT2D eigenvalue weighted by Crippen LogP contribution is -2.22. The summed E-state index contributed by atoms with van der Waals surface area (Å²) in [5.41, 5.74) is 0.731. The van der Waals surface area contributed by atoms with Gasteiger partial charge in [0.2, 0.25) is 5.91 Å². The fraction of sp³-hybridized carbons (Fsp3) is 0.235. The molecule has 0 fully saturated rings. The molecule has 0 saturated carbocycles. The number of rotatable bonds is 7. The number of carbonyl (C=O) groups excluding carboxylic acids is 1. The van der Waals surface area contributed by atoms with Crippen molar-refractivity contribution in [2.75, 3.05) is 37.7 Å². The van der Waals surface area contributed by atoms with Crippen molar-refractivity contribution in [2.45, 2.75) is 4.90 Å². The first-order valence-electron chi connectivity index (χ1n) is 7.50. The molecule has 2 rings (SSSR count). The first kappa shape index (κ1) is 19.5. The molecule has 2 aromatic rings. The van der Waals surface area contributed by atoms with Gasteiger partial charge in [-0.15, -0.1) is 0 Å². The van der Waals surface area contributed by atoms with Gasteiger partial charge in [0.1, 0.15) is 16.5 Å². The molecule has 0 spiro atoms. The number of methoxy groups -OCH3 is 2. The summed E-state index contributed by atoms with van der Waals surface area (Å²) in [4.78, 5) is 12.0. The Labute approximate surface area is 151 Å². The number of hydrogen-bond acceptors (Lipinski definition) is 6. The van der Waals surface area contributed by atoms with E-state index in [1.165, 1.54) is 50.6 Å². The van der Waals surface area contributed by atoms with Gasteiger partial charge in [-0.3, -0.25) is 4.79 Å². The minimum absolute atomic E-state index is 0.0548. The molecule has 0 bridgehead atoms. The van der Waals surface area contributed by atoms with Gasteiger partial charge in [-0.05, 0) is 24.3 Å². The third-order valence-corrected chi connectivity index (χ3v) is 4.54. The summed E-state index contributed by atoms with van der Waals surface area (Å²) in [6.07, 6.45) is 1.05.